The van der Waals surface area contributed by atoms with Crippen molar-refractivity contribution >= 4 is 22.9 Å². The predicted octanol–water partition coefficient (Wildman–Crippen LogP) is 9.60. The Morgan fingerprint density at radius 1 is 1.00 bits per heavy atom. The molecule has 240 valence electrons. The van der Waals surface area contributed by atoms with E-state index in [1.807, 2.05) is 31.2 Å². The SMILES string of the molecule is C/C=C\[C@H](C)/C=C(\C)[C@@H](O[Si](CC)(CC)CC)[C@@H](CO[Si](C)(C)C(C)(C)C)[C@@H](OCc1ccc(OC)cc1)[C@H](C)C=O. The number of carbonyl (C=O) groups excluding carboxylic acids is 1. The van der Waals surface area contributed by atoms with E-state index in [2.05, 4.69) is 93.6 Å². The van der Waals surface area contributed by atoms with Crippen LogP contribution in [0, 0.1) is 17.8 Å². The third kappa shape index (κ3) is 11.2. The van der Waals surface area contributed by atoms with E-state index in [4.69, 9.17) is 18.3 Å². The Morgan fingerprint density at radius 3 is 2.02 bits per heavy atom. The summed E-state index contributed by atoms with van der Waals surface area (Å²) in [5.41, 5.74) is 2.22. The Hall–Kier alpha value is -1.52. The molecule has 0 aliphatic carbocycles. The second-order valence-electron chi connectivity index (χ2n) is 13.4. The second-order valence-corrected chi connectivity index (χ2v) is 23.0. The van der Waals surface area contributed by atoms with Crippen LogP contribution in [-0.4, -0.2) is 48.8 Å². The van der Waals surface area contributed by atoms with Crippen molar-refractivity contribution in [3.8, 4) is 5.75 Å². The summed E-state index contributed by atoms with van der Waals surface area (Å²) in [6, 6.07) is 11.1. The van der Waals surface area contributed by atoms with E-state index in [0.29, 0.717) is 13.2 Å². The molecule has 0 radical (unpaired) electrons. The molecule has 5 nitrogen and oxygen atoms in total. The normalized spacial score (nSPS) is 17.1. The third-order valence-electron chi connectivity index (χ3n) is 9.37. The number of benzene rings is 1. The molecule has 0 aromatic heterocycles. The van der Waals surface area contributed by atoms with Crippen molar-refractivity contribution in [1.82, 2.24) is 0 Å². The number of allylic oxidation sites excluding steroid dienone is 3. The second kappa shape index (κ2) is 17.7. The highest BCUT2D eigenvalue weighted by atomic mass is 28.4. The molecule has 0 saturated heterocycles. The molecule has 1 rings (SSSR count). The summed E-state index contributed by atoms with van der Waals surface area (Å²) < 4.78 is 26.4. The molecule has 5 atom stereocenters. The van der Waals surface area contributed by atoms with Crippen LogP contribution in [0.25, 0.3) is 0 Å². The molecule has 0 spiro atoms. The Bertz CT molecular complexity index is 968. The summed E-state index contributed by atoms with van der Waals surface area (Å²) in [6.45, 7) is 27.5. The fourth-order valence-electron chi connectivity index (χ4n) is 5.19. The summed E-state index contributed by atoms with van der Waals surface area (Å²) >= 11 is 0. The number of carbonyl (C=O) groups is 1. The summed E-state index contributed by atoms with van der Waals surface area (Å²) in [5, 5.41) is 0.0592. The van der Waals surface area contributed by atoms with Crippen LogP contribution in [0.3, 0.4) is 0 Å². The first-order valence-corrected chi connectivity index (χ1v) is 21.4. The number of hydrogen-bond acceptors (Lipinski definition) is 5. The highest BCUT2D eigenvalue weighted by Crippen LogP contribution is 2.39. The summed E-state index contributed by atoms with van der Waals surface area (Å²) in [6.07, 6.45) is 7.06. The first-order chi connectivity index (χ1) is 19.6. The summed E-state index contributed by atoms with van der Waals surface area (Å²) in [4.78, 5) is 12.4. The maximum atomic E-state index is 12.4. The average molecular weight is 619 g/mol. The molecule has 0 aliphatic rings. The molecule has 0 aliphatic heterocycles. The lowest BCUT2D eigenvalue weighted by Crippen LogP contribution is -2.51. The lowest BCUT2D eigenvalue weighted by atomic mass is 9.85. The van der Waals surface area contributed by atoms with Crippen LogP contribution in [-0.2, 0) is 25.0 Å². The van der Waals surface area contributed by atoms with E-state index in [1.54, 1.807) is 7.11 Å². The van der Waals surface area contributed by atoms with Gasteiger partial charge < -0.3 is 23.1 Å². The zero-order chi connectivity index (χ0) is 32.1. The Morgan fingerprint density at radius 2 is 1.57 bits per heavy atom. The quantitative estimate of drug-likeness (QED) is 0.0878. The standard InChI is InChI=1S/C35H62O5Si2/c1-14-18-27(5)23-28(6)34(40-42(15-2,16-3)17-4)32(26-39-41(12,13)35(8,9)10)33(29(7)24-36)38-25-30-19-21-31(37-11)22-20-30/h14,18-24,27,29,32-34H,15-17,25-26H2,1-13H3/b18-14-,28-23+/t27-,29+,32-,33-,34+/m0/s1. The smallest absolute Gasteiger partial charge is 0.192 e. The number of ether oxygens (including phenoxy) is 2. The lowest BCUT2D eigenvalue weighted by Gasteiger charge is -2.44. The van der Waals surface area contributed by atoms with Crippen LogP contribution in [0.4, 0.5) is 0 Å². The Labute approximate surface area is 260 Å². The molecule has 1 aromatic rings. The van der Waals surface area contributed by atoms with Gasteiger partial charge in [0.05, 0.1) is 25.9 Å². The molecule has 1 aromatic carbocycles. The third-order valence-corrected chi connectivity index (χ3v) is 18.5. The van der Waals surface area contributed by atoms with Gasteiger partial charge in [0.15, 0.2) is 16.6 Å². The number of methoxy groups -OCH3 is 1. The predicted molar refractivity (Wildman–Crippen MR) is 183 cm³/mol. The summed E-state index contributed by atoms with van der Waals surface area (Å²) in [5.74, 6) is 0.597. The van der Waals surface area contributed by atoms with Gasteiger partial charge in [0.2, 0.25) is 0 Å². The minimum Gasteiger partial charge on any atom is -0.497 e. The molecule has 0 saturated carbocycles. The van der Waals surface area contributed by atoms with Crippen LogP contribution in [0.1, 0.15) is 74.8 Å². The number of rotatable bonds is 19. The zero-order valence-corrected chi connectivity index (χ0v) is 31.1. The maximum Gasteiger partial charge on any atom is 0.192 e. The van der Waals surface area contributed by atoms with E-state index in [9.17, 15) is 4.79 Å². The molecule has 0 fully saturated rings. The van der Waals surface area contributed by atoms with Crippen molar-refractivity contribution in [2.45, 2.75) is 124 Å². The van der Waals surface area contributed by atoms with Crippen LogP contribution >= 0.6 is 0 Å². The molecule has 0 amide bonds. The maximum absolute atomic E-state index is 12.4. The van der Waals surface area contributed by atoms with Gasteiger partial charge in [-0.3, -0.25) is 0 Å². The van der Waals surface area contributed by atoms with Crippen molar-refractivity contribution in [3.63, 3.8) is 0 Å². The van der Waals surface area contributed by atoms with Gasteiger partial charge in [-0.15, -0.1) is 0 Å². The molecule has 7 heteroatoms. The van der Waals surface area contributed by atoms with Gasteiger partial charge in [-0.2, -0.15) is 0 Å². The van der Waals surface area contributed by atoms with E-state index < -0.39 is 16.6 Å². The molecular weight excluding hydrogens is 557 g/mol. The van der Waals surface area contributed by atoms with Crippen molar-refractivity contribution in [1.29, 1.82) is 0 Å². The number of hydrogen-bond donors (Lipinski definition) is 0. The zero-order valence-electron chi connectivity index (χ0n) is 29.1. The Balaban J connectivity index is 3.74. The van der Waals surface area contributed by atoms with Gasteiger partial charge in [-0.1, -0.05) is 85.8 Å². The van der Waals surface area contributed by atoms with Gasteiger partial charge >= 0.3 is 0 Å². The van der Waals surface area contributed by atoms with Crippen LogP contribution in [0.2, 0.25) is 36.3 Å². The van der Waals surface area contributed by atoms with Crippen LogP contribution < -0.4 is 4.74 Å². The van der Waals surface area contributed by atoms with E-state index in [-0.39, 0.29) is 35.0 Å². The fraction of sp³-hybridized carbons (Fsp3) is 0.686. The first kappa shape index (κ1) is 38.5. The highest BCUT2D eigenvalue weighted by Gasteiger charge is 2.44. The molecule has 42 heavy (non-hydrogen) atoms. The average Bonchev–Trinajstić information content (AvgIpc) is 2.95. The van der Waals surface area contributed by atoms with Crippen molar-refractivity contribution in [3.05, 3.63) is 53.6 Å². The van der Waals surface area contributed by atoms with E-state index >= 15 is 0 Å². The molecule has 0 N–H and O–H groups in total. The van der Waals surface area contributed by atoms with Crippen LogP contribution in [0.5, 0.6) is 5.75 Å². The van der Waals surface area contributed by atoms with Gasteiger partial charge in [0.1, 0.15) is 12.0 Å². The molecule has 0 bridgehead atoms. The van der Waals surface area contributed by atoms with Gasteiger partial charge in [0.25, 0.3) is 0 Å². The van der Waals surface area contributed by atoms with E-state index in [1.165, 1.54) is 5.57 Å². The lowest BCUT2D eigenvalue weighted by molar-refractivity contribution is -0.122. The van der Waals surface area contributed by atoms with Crippen molar-refractivity contribution < 1.29 is 23.1 Å². The minimum atomic E-state index is -2.10. The Kier molecular flexibility index (Phi) is 16.2. The van der Waals surface area contributed by atoms with Gasteiger partial charge in [-0.25, -0.2) is 0 Å². The minimum absolute atomic E-state index is 0.0592. The molecule has 0 heterocycles. The topological polar surface area (TPSA) is 54.0 Å². The highest BCUT2D eigenvalue weighted by molar-refractivity contribution is 6.74. The molecule has 0 unspecified atom stereocenters. The van der Waals surface area contributed by atoms with Crippen molar-refractivity contribution in [2.75, 3.05) is 13.7 Å². The largest absolute Gasteiger partial charge is 0.497 e. The van der Waals surface area contributed by atoms with E-state index in [0.717, 1.165) is 35.7 Å². The fourth-order valence-corrected chi connectivity index (χ4v) is 9.13. The van der Waals surface area contributed by atoms with Gasteiger partial charge in [0, 0.05) is 18.4 Å². The summed E-state index contributed by atoms with van der Waals surface area (Å²) in [7, 11) is -2.47. The monoisotopic (exact) mass is 618 g/mol. The van der Waals surface area contributed by atoms with Crippen molar-refractivity contribution in [2.24, 2.45) is 17.8 Å². The molecular formula is C35H62O5Si2. The first-order valence-electron chi connectivity index (χ1n) is 16.0. The van der Waals surface area contributed by atoms with Gasteiger partial charge in [-0.05, 0) is 79.3 Å². The number of aldehydes is 1. The van der Waals surface area contributed by atoms with Crippen LogP contribution in [0.15, 0.2) is 48.1 Å².